The first kappa shape index (κ1) is 63.9. The van der Waals surface area contributed by atoms with Crippen LogP contribution in [0.1, 0.15) is 181 Å². The molecule has 2 atom stereocenters. The summed E-state index contributed by atoms with van der Waals surface area (Å²) in [6.07, 6.45) is 71.0. The maximum atomic E-state index is 12.8. The molecule has 2 unspecified atom stereocenters. The largest absolute Gasteiger partial charge is 0.472 e. The highest BCUT2D eigenvalue weighted by Gasteiger charge is 2.26. The number of unbranched alkanes of at least 4 members (excludes halogenated alkanes) is 13. The van der Waals surface area contributed by atoms with E-state index in [1.54, 1.807) is 0 Å². The van der Waals surface area contributed by atoms with Crippen molar-refractivity contribution in [3.8, 4) is 0 Å². The molecule has 1 N–H and O–H groups in total. The number of phosphoric ester groups is 1. The molecule has 0 aromatic carbocycles. The van der Waals surface area contributed by atoms with Gasteiger partial charge in [-0.25, -0.2) is 4.57 Å². The number of nitrogens with zero attached hydrogens (tertiary/aromatic N) is 1. The molecule has 0 heterocycles. The molecule has 0 saturated heterocycles. The van der Waals surface area contributed by atoms with Crippen molar-refractivity contribution < 1.29 is 37.3 Å². The van der Waals surface area contributed by atoms with Gasteiger partial charge in [0.05, 0.1) is 34.4 Å². The van der Waals surface area contributed by atoms with E-state index in [2.05, 4.69) is 135 Å². The third kappa shape index (κ3) is 53.7. The molecule has 0 rings (SSSR count). The summed E-state index contributed by atoms with van der Waals surface area (Å²) in [7, 11) is 1.62. The lowest BCUT2D eigenvalue weighted by Gasteiger charge is -2.24. The lowest BCUT2D eigenvalue weighted by molar-refractivity contribution is -0.870. The highest BCUT2D eigenvalue weighted by molar-refractivity contribution is 7.47. The van der Waals surface area contributed by atoms with Gasteiger partial charge in [-0.3, -0.25) is 13.8 Å². The molecule has 0 fully saturated rings. The Morgan fingerprint density at radius 3 is 1.30 bits per heavy atom. The monoisotopic (exact) mass is 953 g/mol. The van der Waals surface area contributed by atoms with E-state index in [4.69, 9.17) is 18.5 Å². The van der Waals surface area contributed by atoms with E-state index in [-0.39, 0.29) is 32.2 Å². The second-order valence-electron chi connectivity index (χ2n) is 18.2. The van der Waals surface area contributed by atoms with Gasteiger partial charge in [0.1, 0.15) is 19.3 Å². The molecule has 0 aliphatic heterocycles. The lowest BCUT2D eigenvalue weighted by atomic mass is 10.1. The van der Waals surface area contributed by atoms with E-state index in [1.807, 2.05) is 21.1 Å². The van der Waals surface area contributed by atoms with Crippen LogP contribution in [0.15, 0.2) is 122 Å². The third-order valence-corrected chi connectivity index (χ3v) is 11.5. The number of hydrogen-bond donors (Lipinski definition) is 1. The van der Waals surface area contributed by atoms with Gasteiger partial charge >= 0.3 is 13.8 Å². The van der Waals surface area contributed by atoms with Gasteiger partial charge in [0.2, 0.25) is 0 Å². The van der Waals surface area contributed by atoms with Gasteiger partial charge in [-0.2, -0.15) is 0 Å². The third-order valence-electron chi connectivity index (χ3n) is 10.5. The Hall–Kier alpha value is -3.10. The fraction of sp³-hybridized carbons (Fsp3) is 0.638. The highest BCUT2D eigenvalue weighted by atomic mass is 31.2. The number of esters is 1. The minimum absolute atomic E-state index is 0.0720. The van der Waals surface area contributed by atoms with E-state index >= 15 is 0 Å². The van der Waals surface area contributed by atoms with Gasteiger partial charge in [-0.1, -0.05) is 187 Å². The minimum Gasteiger partial charge on any atom is -0.457 e. The zero-order valence-electron chi connectivity index (χ0n) is 43.3. The number of rotatable bonds is 47. The van der Waals surface area contributed by atoms with Crippen LogP contribution in [0.3, 0.4) is 0 Å². The predicted molar refractivity (Wildman–Crippen MR) is 288 cm³/mol. The number of hydrogen-bond acceptors (Lipinski definition) is 6. The topological polar surface area (TPSA) is 91.3 Å². The van der Waals surface area contributed by atoms with Gasteiger partial charge in [0.15, 0.2) is 0 Å². The molecular formula is C58H99NO7P+. The summed E-state index contributed by atoms with van der Waals surface area (Å²) in [5.41, 5.74) is 0. The second-order valence-corrected chi connectivity index (χ2v) is 19.6. The Kier molecular flexibility index (Phi) is 47.0. The fourth-order valence-electron chi connectivity index (χ4n) is 6.48. The zero-order valence-corrected chi connectivity index (χ0v) is 44.2. The summed E-state index contributed by atoms with van der Waals surface area (Å²) in [5, 5.41) is 0. The molecule has 0 aliphatic carbocycles. The highest BCUT2D eigenvalue weighted by Crippen LogP contribution is 2.43. The van der Waals surface area contributed by atoms with E-state index in [0.717, 1.165) is 103 Å². The van der Waals surface area contributed by atoms with E-state index < -0.39 is 13.9 Å². The first-order valence-electron chi connectivity index (χ1n) is 26.3. The summed E-state index contributed by atoms with van der Waals surface area (Å²) in [6.45, 7) is 5.38. The quantitative estimate of drug-likeness (QED) is 0.0214. The molecule has 67 heavy (non-hydrogen) atoms. The van der Waals surface area contributed by atoms with Crippen molar-refractivity contribution >= 4 is 13.8 Å². The van der Waals surface area contributed by atoms with E-state index in [1.165, 1.54) is 51.4 Å². The Bertz CT molecular complexity index is 1480. The maximum Gasteiger partial charge on any atom is 0.472 e. The Balaban J connectivity index is 4.28. The Morgan fingerprint density at radius 1 is 0.478 bits per heavy atom. The lowest BCUT2D eigenvalue weighted by Crippen LogP contribution is -2.37. The van der Waals surface area contributed by atoms with Crippen LogP contribution in [-0.2, 0) is 27.9 Å². The van der Waals surface area contributed by atoms with Gasteiger partial charge in [-0.15, -0.1) is 0 Å². The number of likely N-dealkylation sites (N-methyl/N-ethyl adjacent to an activating group) is 1. The molecule has 0 spiro atoms. The van der Waals surface area contributed by atoms with Crippen LogP contribution < -0.4 is 0 Å². The summed E-state index contributed by atoms with van der Waals surface area (Å²) < 4.78 is 35.1. The van der Waals surface area contributed by atoms with Crippen molar-refractivity contribution in [3.63, 3.8) is 0 Å². The number of carbonyl (C=O) groups excluding carboxylic acids is 1. The molecule has 0 aromatic heterocycles. The molecule has 0 bridgehead atoms. The molecule has 8 nitrogen and oxygen atoms in total. The maximum absolute atomic E-state index is 12.8. The number of quaternary nitrogens is 1. The van der Waals surface area contributed by atoms with E-state index in [9.17, 15) is 14.3 Å². The van der Waals surface area contributed by atoms with Crippen LogP contribution in [0.25, 0.3) is 0 Å². The standard InChI is InChI=1S/C58H98NO7P/c1-6-8-10-12-14-16-18-20-22-24-26-28-29-30-31-32-33-35-37-39-41-43-45-47-49-51-58(60)66-57(56-65-67(61,62)64-54-52-59(3,4)5)55-63-53-50-48-46-44-42-40-38-36-34-27-25-23-21-19-17-15-13-11-9-7-2/h8,10,14-17,20-23,26-28,30-31,33-35,39,41,57H,6-7,9,11-13,18-19,24-25,29,32,36-38,40,42-56H2,1-5H3/p+1/b10-8-,16-14-,17-15-,22-20-,23-21-,28-26-,31-30-,34-27-,35-33-,41-39-. The van der Waals surface area contributed by atoms with Crippen molar-refractivity contribution in [1.82, 2.24) is 0 Å². The van der Waals surface area contributed by atoms with Crippen LogP contribution in [0.2, 0.25) is 0 Å². The molecule has 0 aliphatic rings. The fourth-order valence-corrected chi connectivity index (χ4v) is 7.22. The Labute approximate surface area is 412 Å². The van der Waals surface area contributed by atoms with Crippen molar-refractivity contribution in [3.05, 3.63) is 122 Å². The first-order chi connectivity index (χ1) is 32.6. The minimum atomic E-state index is -4.30. The first-order valence-corrected chi connectivity index (χ1v) is 27.8. The Morgan fingerprint density at radius 2 is 0.866 bits per heavy atom. The normalized spacial score (nSPS) is 14.5. The van der Waals surface area contributed by atoms with Crippen molar-refractivity contribution in [2.75, 3.05) is 54.1 Å². The number of carbonyl (C=O) groups is 1. The van der Waals surface area contributed by atoms with Crippen LogP contribution in [0.5, 0.6) is 0 Å². The van der Waals surface area contributed by atoms with Crippen LogP contribution in [-0.4, -0.2) is 75.6 Å². The molecule has 0 saturated carbocycles. The van der Waals surface area contributed by atoms with Crippen molar-refractivity contribution in [2.24, 2.45) is 0 Å². The van der Waals surface area contributed by atoms with Gasteiger partial charge in [0.25, 0.3) is 0 Å². The SMILES string of the molecule is CC/C=C\C/C=C\C/C=C\C/C=C\C/C=C\C/C=C\C/C=C\CCCCCC(=O)OC(COCCCCCCCCC/C=C\C/C=C\C/C=C\CCCCC)COP(=O)(O)OCC[N+](C)(C)C. The van der Waals surface area contributed by atoms with Gasteiger partial charge < -0.3 is 18.9 Å². The molecule has 0 aromatic rings. The molecule has 0 radical (unpaired) electrons. The summed E-state index contributed by atoms with van der Waals surface area (Å²) in [4.78, 5) is 23.0. The molecular weight excluding hydrogens is 854 g/mol. The zero-order chi connectivity index (χ0) is 49.0. The predicted octanol–water partition coefficient (Wildman–Crippen LogP) is 16.5. The van der Waals surface area contributed by atoms with E-state index in [0.29, 0.717) is 24.1 Å². The van der Waals surface area contributed by atoms with Gasteiger partial charge in [0, 0.05) is 13.0 Å². The van der Waals surface area contributed by atoms with Gasteiger partial charge in [-0.05, 0) is 109 Å². The smallest absolute Gasteiger partial charge is 0.457 e. The number of ether oxygens (including phenoxy) is 2. The van der Waals surface area contributed by atoms with Crippen LogP contribution in [0.4, 0.5) is 0 Å². The number of allylic oxidation sites excluding steroid dienone is 20. The molecule has 382 valence electrons. The molecule has 0 amide bonds. The van der Waals surface area contributed by atoms with Crippen LogP contribution >= 0.6 is 7.82 Å². The average molecular weight is 953 g/mol. The van der Waals surface area contributed by atoms with Crippen LogP contribution in [0, 0.1) is 0 Å². The van der Waals surface area contributed by atoms with Crippen molar-refractivity contribution in [2.45, 2.75) is 187 Å². The summed E-state index contributed by atoms with van der Waals surface area (Å²) in [6, 6.07) is 0. The average Bonchev–Trinajstić information content (AvgIpc) is 3.29. The second kappa shape index (κ2) is 49.3. The number of phosphoric acid groups is 1. The summed E-state index contributed by atoms with van der Waals surface area (Å²) >= 11 is 0. The van der Waals surface area contributed by atoms with Crippen molar-refractivity contribution in [1.29, 1.82) is 0 Å². The summed E-state index contributed by atoms with van der Waals surface area (Å²) in [5.74, 6) is -0.354. The molecule has 9 heteroatoms.